The maximum atomic E-state index is 6.58. The fourth-order valence-corrected chi connectivity index (χ4v) is 5.09. The molecule has 0 radical (unpaired) electrons. The summed E-state index contributed by atoms with van der Waals surface area (Å²) in [5.74, 6) is 0.859. The molecular formula is C30H42B2O6. The number of ether oxygens (including phenoxy) is 2. The van der Waals surface area contributed by atoms with Gasteiger partial charge in [0.05, 0.1) is 22.4 Å². The second-order valence-electron chi connectivity index (χ2n) is 13.0. The second kappa shape index (κ2) is 9.58. The van der Waals surface area contributed by atoms with Gasteiger partial charge >= 0.3 is 14.2 Å². The Kier molecular flexibility index (Phi) is 6.95. The summed E-state index contributed by atoms with van der Waals surface area (Å²) in [6.45, 7) is 16.5. The summed E-state index contributed by atoms with van der Waals surface area (Å²) in [5.41, 5.74) is 0.478. The molecule has 0 bridgehead atoms. The summed E-state index contributed by atoms with van der Waals surface area (Å²) < 4.78 is 38.0. The molecule has 0 unspecified atom stereocenters. The molecule has 1 saturated carbocycles. The van der Waals surface area contributed by atoms with Crippen molar-refractivity contribution >= 4 is 25.2 Å². The van der Waals surface area contributed by atoms with Crippen LogP contribution in [-0.4, -0.2) is 42.4 Å². The molecule has 3 aliphatic rings. The Morgan fingerprint density at radius 2 is 0.816 bits per heavy atom. The van der Waals surface area contributed by atoms with Gasteiger partial charge in [0.15, 0.2) is 0 Å². The quantitative estimate of drug-likeness (QED) is 0.376. The van der Waals surface area contributed by atoms with Crippen molar-refractivity contribution < 1.29 is 28.1 Å². The number of rotatable bonds is 6. The maximum absolute atomic E-state index is 6.58. The van der Waals surface area contributed by atoms with Crippen LogP contribution in [0, 0.1) is 0 Å². The Balaban J connectivity index is 1.28. The van der Waals surface area contributed by atoms with Crippen molar-refractivity contribution in [2.75, 3.05) is 0 Å². The van der Waals surface area contributed by atoms with E-state index in [4.69, 9.17) is 28.1 Å². The molecule has 204 valence electrons. The molecular weight excluding hydrogens is 478 g/mol. The highest BCUT2D eigenvalue weighted by Crippen LogP contribution is 2.39. The molecule has 2 aliphatic heterocycles. The van der Waals surface area contributed by atoms with Crippen LogP contribution in [0.25, 0.3) is 0 Å². The molecule has 6 nitrogen and oxygen atoms in total. The largest absolute Gasteiger partial charge is 0.494 e. The zero-order chi connectivity index (χ0) is 27.4. The summed E-state index contributed by atoms with van der Waals surface area (Å²) in [6.07, 6.45) is 5.00. The van der Waals surface area contributed by atoms with Crippen LogP contribution < -0.4 is 20.4 Å². The molecule has 0 N–H and O–H groups in total. The molecule has 2 heterocycles. The van der Waals surface area contributed by atoms with Crippen molar-refractivity contribution in [3.05, 3.63) is 48.5 Å². The van der Waals surface area contributed by atoms with Gasteiger partial charge in [-0.3, -0.25) is 0 Å². The fourth-order valence-electron chi connectivity index (χ4n) is 5.09. The first-order valence-electron chi connectivity index (χ1n) is 14.0. The summed E-state index contributed by atoms with van der Waals surface area (Å²) in [4.78, 5) is 0. The van der Waals surface area contributed by atoms with Crippen LogP contribution in [0.15, 0.2) is 48.5 Å². The molecule has 5 rings (SSSR count). The Labute approximate surface area is 229 Å². The predicted octanol–water partition coefficient (Wildman–Crippen LogP) is 5.40. The van der Waals surface area contributed by atoms with Crippen molar-refractivity contribution in [1.29, 1.82) is 0 Å². The average molecular weight is 520 g/mol. The molecule has 2 aromatic carbocycles. The van der Waals surface area contributed by atoms with Gasteiger partial charge in [0.25, 0.3) is 5.79 Å². The molecule has 8 heteroatoms. The van der Waals surface area contributed by atoms with Gasteiger partial charge in [0.1, 0.15) is 11.5 Å². The van der Waals surface area contributed by atoms with Crippen LogP contribution in [0.3, 0.4) is 0 Å². The van der Waals surface area contributed by atoms with Crippen molar-refractivity contribution in [3.8, 4) is 11.5 Å². The molecule has 2 aromatic rings. The lowest BCUT2D eigenvalue weighted by molar-refractivity contribution is -0.137. The van der Waals surface area contributed by atoms with E-state index in [1.165, 1.54) is 6.42 Å². The van der Waals surface area contributed by atoms with E-state index in [0.29, 0.717) is 0 Å². The Hall–Kier alpha value is -1.99. The highest BCUT2D eigenvalue weighted by Gasteiger charge is 2.52. The first kappa shape index (κ1) is 27.6. The van der Waals surface area contributed by atoms with E-state index in [9.17, 15) is 0 Å². The molecule has 0 amide bonds. The lowest BCUT2D eigenvalue weighted by Crippen LogP contribution is -2.44. The normalized spacial score (nSPS) is 24.8. The van der Waals surface area contributed by atoms with Crippen molar-refractivity contribution in [2.45, 2.75) is 116 Å². The summed E-state index contributed by atoms with van der Waals surface area (Å²) in [6, 6.07) is 16.0. The first-order valence-corrected chi connectivity index (χ1v) is 14.0. The lowest BCUT2D eigenvalue weighted by Gasteiger charge is -2.37. The molecule has 3 fully saturated rings. The van der Waals surface area contributed by atoms with Crippen LogP contribution >= 0.6 is 0 Å². The molecule has 38 heavy (non-hydrogen) atoms. The van der Waals surface area contributed by atoms with Gasteiger partial charge in [-0.1, -0.05) is 30.7 Å². The van der Waals surface area contributed by atoms with Gasteiger partial charge in [-0.25, -0.2) is 0 Å². The molecule has 0 spiro atoms. The van der Waals surface area contributed by atoms with E-state index in [1.807, 2.05) is 48.5 Å². The van der Waals surface area contributed by atoms with Crippen LogP contribution in [0.4, 0.5) is 0 Å². The van der Waals surface area contributed by atoms with Gasteiger partial charge in [-0.15, -0.1) is 0 Å². The van der Waals surface area contributed by atoms with E-state index < -0.39 is 20.0 Å². The molecule has 1 aliphatic carbocycles. The minimum absolute atomic E-state index is 0.370. The number of hydrogen-bond donors (Lipinski definition) is 0. The zero-order valence-electron chi connectivity index (χ0n) is 24.3. The van der Waals surface area contributed by atoms with E-state index in [-0.39, 0.29) is 22.4 Å². The smallest absolute Gasteiger partial charge is 0.452 e. The van der Waals surface area contributed by atoms with Crippen LogP contribution in [0.2, 0.25) is 0 Å². The minimum Gasteiger partial charge on any atom is -0.452 e. The average Bonchev–Trinajstić information content (AvgIpc) is 3.20. The standard InChI is InChI=1S/C30H42B2O6/c1-26(2)27(3,4)36-31(35-26)22-12-16-24(17-13-22)33-30(20-10-9-11-21-30)34-25-18-14-23(15-19-25)32-37-28(5,6)29(7,8)38-32/h12-19H,9-11,20-21H2,1-8H3. The Morgan fingerprint density at radius 1 is 0.500 bits per heavy atom. The van der Waals surface area contributed by atoms with Crippen molar-refractivity contribution in [1.82, 2.24) is 0 Å². The monoisotopic (exact) mass is 520 g/mol. The first-order chi connectivity index (χ1) is 17.7. The predicted molar refractivity (Wildman–Crippen MR) is 151 cm³/mol. The topological polar surface area (TPSA) is 55.4 Å². The van der Waals surface area contributed by atoms with Gasteiger partial charge < -0.3 is 28.1 Å². The van der Waals surface area contributed by atoms with Crippen LogP contribution in [0.1, 0.15) is 87.5 Å². The zero-order valence-corrected chi connectivity index (χ0v) is 24.3. The SMILES string of the molecule is CC1(C)OB(c2ccc(OC3(Oc4ccc(B5OC(C)(C)C(C)(C)O5)cc4)CCCCC3)cc2)OC1(C)C. The maximum Gasteiger partial charge on any atom is 0.494 e. The summed E-state index contributed by atoms with van der Waals surface area (Å²) >= 11 is 0. The van der Waals surface area contributed by atoms with E-state index in [2.05, 4.69) is 55.4 Å². The molecule has 0 aromatic heterocycles. The Morgan fingerprint density at radius 3 is 1.13 bits per heavy atom. The van der Waals surface area contributed by atoms with Gasteiger partial charge in [0.2, 0.25) is 0 Å². The third-order valence-electron chi connectivity index (χ3n) is 9.03. The van der Waals surface area contributed by atoms with E-state index >= 15 is 0 Å². The lowest BCUT2D eigenvalue weighted by atomic mass is 9.79. The van der Waals surface area contributed by atoms with Gasteiger partial charge in [0, 0.05) is 12.8 Å². The highest BCUT2D eigenvalue weighted by atomic mass is 16.7. The molecule has 0 atom stereocenters. The highest BCUT2D eigenvalue weighted by molar-refractivity contribution is 6.62. The van der Waals surface area contributed by atoms with E-state index in [0.717, 1.165) is 48.1 Å². The number of benzene rings is 2. The van der Waals surface area contributed by atoms with Crippen molar-refractivity contribution in [3.63, 3.8) is 0 Å². The fraction of sp³-hybridized carbons (Fsp3) is 0.600. The minimum atomic E-state index is -0.698. The summed E-state index contributed by atoms with van der Waals surface area (Å²) in [7, 11) is -0.784. The molecule has 2 saturated heterocycles. The van der Waals surface area contributed by atoms with Crippen molar-refractivity contribution in [2.24, 2.45) is 0 Å². The van der Waals surface area contributed by atoms with Crippen LogP contribution in [0.5, 0.6) is 11.5 Å². The van der Waals surface area contributed by atoms with Gasteiger partial charge in [-0.05, 0) is 103 Å². The van der Waals surface area contributed by atoms with Crippen LogP contribution in [-0.2, 0) is 18.6 Å². The second-order valence-corrected chi connectivity index (χ2v) is 13.0. The Bertz CT molecular complexity index is 1000. The third-order valence-corrected chi connectivity index (χ3v) is 9.03. The van der Waals surface area contributed by atoms with E-state index in [1.54, 1.807) is 0 Å². The third kappa shape index (κ3) is 5.25. The number of hydrogen-bond acceptors (Lipinski definition) is 6. The van der Waals surface area contributed by atoms with Gasteiger partial charge in [-0.2, -0.15) is 0 Å². The summed E-state index contributed by atoms with van der Waals surface area (Å²) in [5, 5.41) is 0.